The number of benzene rings is 1. The fraction of sp³-hybridized carbons (Fsp3) is 0.235. The summed E-state index contributed by atoms with van der Waals surface area (Å²) >= 11 is 0. The zero-order valence-corrected chi connectivity index (χ0v) is 13.9. The molecule has 3 aromatic rings. The summed E-state index contributed by atoms with van der Waals surface area (Å²) in [6.45, 7) is 1.57. The third-order valence-electron chi connectivity index (χ3n) is 3.59. The van der Waals surface area contributed by atoms with Crippen LogP contribution in [0.5, 0.6) is 0 Å². The largest absolute Gasteiger partial charge is 0.308 e. The molecule has 0 saturated heterocycles. The number of anilines is 1. The van der Waals surface area contributed by atoms with Crippen molar-refractivity contribution >= 4 is 11.7 Å². The molecule has 0 unspecified atom stereocenters. The quantitative estimate of drug-likeness (QED) is 0.732. The van der Waals surface area contributed by atoms with Crippen LogP contribution in [0, 0.1) is 12.7 Å². The Balaban J connectivity index is 1.63. The van der Waals surface area contributed by atoms with Crippen molar-refractivity contribution in [2.75, 3.05) is 5.32 Å². The van der Waals surface area contributed by atoms with Gasteiger partial charge in [0, 0.05) is 12.3 Å². The summed E-state index contributed by atoms with van der Waals surface area (Å²) in [5.74, 6) is -0.590. The molecular weight excluding hydrogens is 347 g/mol. The Morgan fingerprint density at radius 1 is 1.23 bits per heavy atom. The van der Waals surface area contributed by atoms with E-state index in [0.29, 0.717) is 12.2 Å². The van der Waals surface area contributed by atoms with Gasteiger partial charge in [-0.1, -0.05) is 12.1 Å². The normalized spacial score (nSPS) is 11.1. The van der Waals surface area contributed by atoms with Gasteiger partial charge in [0.15, 0.2) is 5.82 Å². The number of nitrogens with zero attached hydrogens (tertiary/aromatic N) is 4. The smallest absolute Gasteiger partial charge is 0.280 e. The van der Waals surface area contributed by atoms with Crippen LogP contribution in [-0.4, -0.2) is 25.5 Å². The maximum Gasteiger partial charge on any atom is 0.280 e. The Bertz CT molecular complexity index is 919. The minimum atomic E-state index is -2.71. The number of carbonyl (C=O) groups is 1. The number of hydrogen-bond donors (Lipinski definition) is 1. The number of nitrogens with one attached hydrogen (secondary N) is 1. The summed E-state index contributed by atoms with van der Waals surface area (Å²) < 4.78 is 41.5. The number of amides is 1. The van der Waals surface area contributed by atoms with Gasteiger partial charge in [-0.3, -0.25) is 14.2 Å². The van der Waals surface area contributed by atoms with E-state index < -0.39 is 12.3 Å². The molecule has 3 rings (SSSR count). The molecule has 2 aromatic heterocycles. The van der Waals surface area contributed by atoms with Crippen molar-refractivity contribution in [1.82, 2.24) is 19.6 Å². The van der Waals surface area contributed by atoms with E-state index in [1.807, 2.05) is 0 Å². The average Bonchev–Trinajstić information content (AvgIpc) is 3.13. The first-order valence-corrected chi connectivity index (χ1v) is 7.81. The fourth-order valence-electron chi connectivity index (χ4n) is 2.53. The second-order valence-corrected chi connectivity index (χ2v) is 5.75. The topological polar surface area (TPSA) is 64.7 Å². The molecule has 0 radical (unpaired) electrons. The van der Waals surface area contributed by atoms with Crippen LogP contribution in [0.2, 0.25) is 0 Å². The Kier molecular flexibility index (Phi) is 5.06. The first-order valence-electron chi connectivity index (χ1n) is 7.81. The standard InChI is InChI=1S/C17H16F3N5O/c1-11-7-14(17(19)20)25(22-11)10-16(26)21-15-5-6-24(23-15)9-12-3-2-4-13(18)8-12/h2-8,17H,9-10H2,1H3,(H,21,23,26). The van der Waals surface area contributed by atoms with E-state index in [1.165, 1.54) is 22.9 Å². The van der Waals surface area contributed by atoms with E-state index in [1.54, 1.807) is 31.3 Å². The maximum absolute atomic E-state index is 13.2. The number of carbonyl (C=O) groups excluding carboxylic acids is 1. The van der Waals surface area contributed by atoms with Crippen LogP contribution in [0.3, 0.4) is 0 Å². The lowest BCUT2D eigenvalue weighted by Gasteiger charge is -2.06. The van der Waals surface area contributed by atoms with Crippen molar-refractivity contribution in [2.24, 2.45) is 0 Å². The first-order chi connectivity index (χ1) is 12.4. The minimum Gasteiger partial charge on any atom is -0.308 e. The summed E-state index contributed by atoms with van der Waals surface area (Å²) in [5.41, 5.74) is 0.821. The highest BCUT2D eigenvalue weighted by Gasteiger charge is 2.17. The molecule has 0 aliphatic rings. The van der Waals surface area contributed by atoms with E-state index >= 15 is 0 Å². The molecule has 0 spiro atoms. The average molecular weight is 363 g/mol. The summed E-state index contributed by atoms with van der Waals surface area (Å²) in [6.07, 6.45) is -1.09. The Morgan fingerprint density at radius 3 is 2.77 bits per heavy atom. The molecule has 6 nitrogen and oxygen atoms in total. The monoisotopic (exact) mass is 363 g/mol. The molecule has 1 N–H and O–H groups in total. The van der Waals surface area contributed by atoms with Crippen LogP contribution < -0.4 is 5.32 Å². The number of alkyl halides is 2. The Hall–Kier alpha value is -3.10. The van der Waals surface area contributed by atoms with Crippen molar-refractivity contribution in [3.05, 3.63) is 65.4 Å². The van der Waals surface area contributed by atoms with Gasteiger partial charge in [-0.05, 0) is 30.7 Å². The van der Waals surface area contributed by atoms with Gasteiger partial charge in [0.05, 0.1) is 12.2 Å². The SMILES string of the molecule is Cc1cc(C(F)F)n(CC(=O)Nc2ccn(Cc3cccc(F)c3)n2)n1. The van der Waals surface area contributed by atoms with Gasteiger partial charge in [0.2, 0.25) is 5.91 Å². The van der Waals surface area contributed by atoms with E-state index in [2.05, 4.69) is 15.5 Å². The molecule has 1 aromatic carbocycles. The molecule has 0 saturated carbocycles. The molecule has 0 fully saturated rings. The predicted octanol–water partition coefficient (Wildman–Crippen LogP) is 3.15. The van der Waals surface area contributed by atoms with Crippen molar-refractivity contribution in [3.8, 4) is 0 Å². The van der Waals surface area contributed by atoms with E-state index in [4.69, 9.17) is 0 Å². The second kappa shape index (κ2) is 7.42. The van der Waals surface area contributed by atoms with Gasteiger partial charge in [-0.2, -0.15) is 10.2 Å². The zero-order chi connectivity index (χ0) is 18.7. The van der Waals surface area contributed by atoms with Crippen molar-refractivity contribution in [3.63, 3.8) is 0 Å². The summed E-state index contributed by atoms with van der Waals surface area (Å²) in [5, 5.41) is 10.6. The maximum atomic E-state index is 13.2. The first kappa shape index (κ1) is 17.7. The lowest BCUT2D eigenvalue weighted by Crippen LogP contribution is -2.21. The summed E-state index contributed by atoms with van der Waals surface area (Å²) in [4.78, 5) is 12.1. The number of aryl methyl sites for hydroxylation is 1. The third-order valence-corrected chi connectivity index (χ3v) is 3.59. The minimum absolute atomic E-state index is 0.272. The Morgan fingerprint density at radius 2 is 2.04 bits per heavy atom. The summed E-state index contributed by atoms with van der Waals surface area (Å²) in [7, 11) is 0. The lowest BCUT2D eigenvalue weighted by molar-refractivity contribution is -0.117. The predicted molar refractivity (Wildman–Crippen MR) is 88.3 cm³/mol. The highest BCUT2D eigenvalue weighted by atomic mass is 19.3. The van der Waals surface area contributed by atoms with Crippen LogP contribution in [0.25, 0.3) is 0 Å². The van der Waals surface area contributed by atoms with E-state index in [-0.39, 0.29) is 23.9 Å². The fourth-order valence-corrected chi connectivity index (χ4v) is 2.53. The Labute approximate surface area is 147 Å². The van der Waals surface area contributed by atoms with Crippen LogP contribution >= 0.6 is 0 Å². The number of halogens is 3. The molecule has 0 aliphatic heterocycles. The van der Waals surface area contributed by atoms with Gasteiger partial charge in [-0.25, -0.2) is 13.2 Å². The molecule has 136 valence electrons. The highest BCUT2D eigenvalue weighted by Crippen LogP contribution is 2.19. The molecule has 1 amide bonds. The van der Waals surface area contributed by atoms with Crippen LogP contribution in [0.15, 0.2) is 42.6 Å². The molecule has 26 heavy (non-hydrogen) atoms. The van der Waals surface area contributed by atoms with Crippen LogP contribution in [0.1, 0.15) is 23.4 Å². The molecule has 9 heteroatoms. The number of hydrogen-bond acceptors (Lipinski definition) is 3. The molecule has 0 bridgehead atoms. The van der Waals surface area contributed by atoms with Crippen molar-refractivity contribution in [1.29, 1.82) is 0 Å². The molecule has 0 aliphatic carbocycles. The van der Waals surface area contributed by atoms with Gasteiger partial charge in [0.25, 0.3) is 6.43 Å². The van der Waals surface area contributed by atoms with Crippen LogP contribution in [-0.2, 0) is 17.9 Å². The lowest BCUT2D eigenvalue weighted by atomic mass is 10.2. The van der Waals surface area contributed by atoms with Gasteiger partial charge in [-0.15, -0.1) is 0 Å². The van der Waals surface area contributed by atoms with E-state index in [9.17, 15) is 18.0 Å². The summed E-state index contributed by atoms with van der Waals surface area (Å²) in [6, 6.07) is 8.92. The zero-order valence-electron chi connectivity index (χ0n) is 13.9. The van der Waals surface area contributed by atoms with Crippen molar-refractivity contribution in [2.45, 2.75) is 26.4 Å². The van der Waals surface area contributed by atoms with Crippen molar-refractivity contribution < 1.29 is 18.0 Å². The number of aromatic nitrogens is 4. The van der Waals surface area contributed by atoms with Gasteiger partial charge in [0.1, 0.15) is 18.1 Å². The number of rotatable bonds is 6. The van der Waals surface area contributed by atoms with Crippen LogP contribution in [0.4, 0.5) is 19.0 Å². The van der Waals surface area contributed by atoms with E-state index in [0.717, 1.165) is 10.2 Å². The second-order valence-electron chi connectivity index (χ2n) is 5.75. The molecule has 2 heterocycles. The molecular formula is C17H16F3N5O. The van der Waals surface area contributed by atoms with Gasteiger partial charge >= 0.3 is 0 Å². The van der Waals surface area contributed by atoms with Gasteiger partial charge < -0.3 is 5.32 Å². The highest BCUT2D eigenvalue weighted by molar-refractivity contribution is 5.89. The third kappa shape index (κ3) is 4.29. The molecule has 0 atom stereocenters.